The van der Waals surface area contributed by atoms with Gasteiger partial charge in [0.25, 0.3) is 5.91 Å². The van der Waals surface area contributed by atoms with Crippen molar-refractivity contribution in [2.75, 3.05) is 11.1 Å². The largest absolute Gasteiger partial charge is 0.397 e. The summed E-state index contributed by atoms with van der Waals surface area (Å²) >= 11 is 5.71. The van der Waals surface area contributed by atoms with Crippen molar-refractivity contribution in [1.82, 2.24) is 4.98 Å². The number of nitrogen functional groups attached to an aromatic ring is 1. The minimum absolute atomic E-state index is 0.292. The predicted octanol–water partition coefficient (Wildman–Crippen LogP) is 2.88. The van der Waals surface area contributed by atoms with Crippen LogP contribution in [0.2, 0.25) is 5.02 Å². The molecule has 2 rings (SSSR count). The number of halogens is 1. The number of aryl methyl sites for hydroxylation is 1. The van der Waals surface area contributed by atoms with E-state index in [2.05, 4.69) is 10.3 Å². The second kappa shape index (κ2) is 5.06. The number of nitrogens with zero attached hydrogens (tertiary/aromatic N) is 1. The van der Waals surface area contributed by atoms with Gasteiger partial charge in [-0.05, 0) is 36.8 Å². The number of hydrogen-bond donors (Lipinski definition) is 2. The van der Waals surface area contributed by atoms with Crippen LogP contribution in [-0.2, 0) is 0 Å². The van der Waals surface area contributed by atoms with Crippen molar-refractivity contribution in [2.24, 2.45) is 0 Å². The Bertz CT molecular complexity index is 581. The van der Waals surface area contributed by atoms with Crippen LogP contribution in [0.15, 0.2) is 36.5 Å². The summed E-state index contributed by atoms with van der Waals surface area (Å²) in [5, 5.41) is 3.20. The number of nitrogens with two attached hydrogens (primary N) is 1. The quantitative estimate of drug-likeness (QED) is 0.817. The first-order valence-corrected chi connectivity index (χ1v) is 5.73. The number of hydrogen-bond acceptors (Lipinski definition) is 3. The van der Waals surface area contributed by atoms with Gasteiger partial charge in [-0.3, -0.25) is 4.79 Å². The number of nitrogens with one attached hydrogen (secondary N) is 1. The molecule has 0 aliphatic carbocycles. The molecule has 0 bridgehead atoms. The lowest BCUT2D eigenvalue weighted by Gasteiger charge is -2.08. The fourth-order valence-corrected chi connectivity index (χ4v) is 1.59. The summed E-state index contributed by atoms with van der Waals surface area (Å²) in [5.74, 6) is -0.316. The molecule has 4 nitrogen and oxygen atoms in total. The first kappa shape index (κ1) is 12.4. The second-order valence-electron chi connectivity index (χ2n) is 3.91. The Balaban J connectivity index is 2.21. The monoisotopic (exact) mass is 261 g/mol. The van der Waals surface area contributed by atoms with E-state index in [1.54, 1.807) is 18.2 Å². The topological polar surface area (TPSA) is 68.0 Å². The van der Waals surface area contributed by atoms with Crippen LogP contribution in [0.4, 0.5) is 11.4 Å². The van der Waals surface area contributed by atoms with E-state index in [1.165, 1.54) is 6.20 Å². The molecule has 1 aromatic heterocycles. The molecule has 1 amide bonds. The molecule has 0 atom stereocenters. The molecule has 18 heavy (non-hydrogen) atoms. The van der Waals surface area contributed by atoms with Crippen LogP contribution in [0.5, 0.6) is 0 Å². The molecule has 1 aromatic carbocycles. The van der Waals surface area contributed by atoms with Gasteiger partial charge in [0.15, 0.2) is 0 Å². The van der Waals surface area contributed by atoms with E-state index in [0.717, 1.165) is 5.56 Å². The SMILES string of the molecule is Cc1ccc(N)c(NC(=O)c2ccc(Cl)cn2)c1. The van der Waals surface area contributed by atoms with Crippen molar-refractivity contribution in [3.8, 4) is 0 Å². The molecule has 0 spiro atoms. The third-order valence-electron chi connectivity index (χ3n) is 2.42. The van der Waals surface area contributed by atoms with Crippen LogP contribution in [0.25, 0.3) is 0 Å². The van der Waals surface area contributed by atoms with Gasteiger partial charge in [0.1, 0.15) is 5.69 Å². The summed E-state index contributed by atoms with van der Waals surface area (Å²) in [7, 11) is 0. The number of aromatic nitrogens is 1. The molecule has 0 radical (unpaired) electrons. The Morgan fingerprint density at radius 3 is 2.78 bits per heavy atom. The van der Waals surface area contributed by atoms with Gasteiger partial charge < -0.3 is 11.1 Å². The number of carbonyl (C=O) groups excluding carboxylic acids is 1. The third kappa shape index (κ3) is 2.78. The Labute approximate surface area is 110 Å². The van der Waals surface area contributed by atoms with Crippen LogP contribution in [0.3, 0.4) is 0 Å². The lowest BCUT2D eigenvalue weighted by Crippen LogP contribution is -2.14. The molecule has 92 valence electrons. The Morgan fingerprint density at radius 2 is 2.11 bits per heavy atom. The Kier molecular flexibility index (Phi) is 3.48. The van der Waals surface area contributed by atoms with Gasteiger partial charge in [0.05, 0.1) is 16.4 Å². The summed E-state index contributed by atoms with van der Waals surface area (Å²) in [6.45, 7) is 1.93. The minimum atomic E-state index is -0.316. The minimum Gasteiger partial charge on any atom is -0.397 e. The first-order valence-electron chi connectivity index (χ1n) is 5.35. The maximum Gasteiger partial charge on any atom is 0.274 e. The average Bonchev–Trinajstić information content (AvgIpc) is 2.34. The van der Waals surface area contributed by atoms with Gasteiger partial charge in [0.2, 0.25) is 0 Å². The lowest BCUT2D eigenvalue weighted by atomic mass is 10.2. The highest BCUT2D eigenvalue weighted by molar-refractivity contribution is 6.30. The van der Waals surface area contributed by atoms with Crippen molar-refractivity contribution in [3.63, 3.8) is 0 Å². The standard InChI is InChI=1S/C13H12ClN3O/c1-8-2-4-10(15)12(6-8)17-13(18)11-5-3-9(14)7-16-11/h2-7H,15H2,1H3,(H,17,18). The van der Waals surface area contributed by atoms with Gasteiger partial charge in [0, 0.05) is 6.20 Å². The number of rotatable bonds is 2. The van der Waals surface area contributed by atoms with Crippen LogP contribution in [0.1, 0.15) is 16.1 Å². The van der Waals surface area contributed by atoms with Crippen LogP contribution in [0, 0.1) is 6.92 Å². The van der Waals surface area contributed by atoms with E-state index >= 15 is 0 Å². The third-order valence-corrected chi connectivity index (χ3v) is 2.64. The van der Waals surface area contributed by atoms with E-state index in [0.29, 0.717) is 22.1 Å². The highest BCUT2D eigenvalue weighted by Gasteiger charge is 2.09. The molecule has 2 aromatic rings. The number of carbonyl (C=O) groups is 1. The van der Waals surface area contributed by atoms with E-state index < -0.39 is 0 Å². The van der Waals surface area contributed by atoms with Crippen molar-refractivity contribution in [2.45, 2.75) is 6.92 Å². The van der Waals surface area contributed by atoms with Crippen LogP contribution in [-0.4, -0.2) is 10.9 Å². The van der Waals surface area contributed by atoms with Crippen LogP contribution >= 0.6 is 11.6 Å². The fraction of sp³-hybridized carbons (Fsp3) is 0.0769. The van der Waals surface area contributed by atoms with Crippen molar-refractivity contribution >= 4 is 28.9 Å². The van der Waals surface area contributed by atoms with E-state index in [1.807, 2.05) is 19.1 Å². The number of benzene rings is 1. The molecule has 1 heterocycles. The Morgan fingerprint density at radius 1 is 1.33 bits per heavy atom. The zero-order chi connectivity index (χ0) is 13.1. The van der Waals surface area contributed by atoms with Crippen molar-refractivity contribution in [3.05, 3.63) is 52.8 Å². The summed E-state index contributed by atoms with van der Waals surface area (Å²) in [6.07, 6.45) is 1.43. The summed E-state index contributed by atoms with van der Waals surface area (Å²) in [4.78, 5) is 15.9. The molecule has 0 unspecified atom stereocenters. The molecule has 0 aliphatic rings. The molecule has 0 saturated heterocycles. The van der Waals surface area contributed by atoms with Gasteiger partial charge in [-0.15, -0.1) is 0 Å². The predicted molar refractivity (Wildman–Crippen MR) is 72.8 cm³/mol. The number of anilines is 2. The van der Waals surface area contributed by atoms with Crippen LogP contribution < -0.4 is 11.1 Å². The smallest absolute Gasteiger partial charge is 0.274 e. The number of pyridine rings is 1. The maximum atomic E-state index is 11.9. The normalized spacial score (nSPS) is 10.1. The Hall–Kier alpha value is -2.07. The van der Waals surface area contributed by atoms with Gasteiger partial charge >= 0.3 is 0 Å². The van der Waals surface area contributed by atoms with E-state index in [4.69, 9.17) is 17.3 Å². The second-order valence-corrected chi connectivity index (χ2v) is 4.34. The maximum absolute atomic E-state index is 11.9. The summed E-state index contributed by atoms with van der Waals surface area (Å²) < 4.78 is 0. The molecular formula is C13H12ClN3O. The first-order chi connectivity index (χ1) is 8.56. The van der Waals surface area contributed by atoms with Gasteiger partial charge in [-0.1, -0.05) is 17.7 Å². The highest BCUT2D eigenvalue weighted by Crippen LogP contribution is 2.20. The molecular weight excluding hydrogens is 250 g/mol. The number of amides is 1. The summed E-state index contributed by atoms with van der Waals surface area (Å²) in [6, 6.07) is 8.61. The van der Waals surface area contributed by atoms with Gasteiger partial charge in [-0.25, -0.2) is 4.98 Å². The average molecular weight is 262 g/mol. The molecule has 0 saturated carbocycles. The molecule has 0 fully saturated rings. The van der Waals surface area contributed by atoms with E-state index in [-0.39, 0.29) is 5.91 Å². The van der Waals surface area contributed by atoms with Crippen molar-refractivity contribution < 1.29 is 4.79 Å². The molecule has 5 heteroatoms. The van der Waals surface area contributed by atoms with Crippen molar-refractivity contribution in [1.29, 1.82) is 0 Å². The zero-order valence-electron chi connectivity index (χ0n) is 9.77. The zero-order valence-corrected chi connectivity index (χ0v) is 10.5. The summed E-state index contributed by atoms with van der Waals surface area (Å²) in [5.41, 5.74) is 8.19. The van der Waals surface area contributed by atoms with Gasteiger partial charge in [-0.2, -0.15) is 0 Å². The molecule has 3 N–H and O–H groups in total. The molecule has 0 aliphatic heterocycles. The lowest BCUT2D eigenvalue weighted by molar-refractivity contribution is 0.102. The fourth-order valence-electron chi connectivity index (χ4n) is 1.47. The highest BCUT2D eigenvalue weighted by atomic mass is 35.5. The van der Waals surface area contributed by atoms with E-state index in [9.17, 15) is 4.79 Å².